The van der Waals surface area contributed by atoms with Gasteiger partial charge in [0.15, 0.2) is 0 Å². The second-order valence-electron chi connectivity index (χ2n) is 4.50. The Hall–Kier alpha value is -1.66. The Morgan fingerprint density at radius 1 is 1.17 bits per heavy atom. The molecule has 0 aromatic carbocycles. The van der Waals surface area contributed by atoms with Crippen molar-refractivity contribution in [1.82, 2.24) is 10.6 Å². The monoisotopic (exact) mass is 334 g/mol. The first-order chi connectivity index (χ1) is 10.8. The Balaban J connectivity index is -0.0000000926. The first kappa shape index (κ1) is 26.2. The maximum Gasteiger partial charge on any atom is 0.333 e. The molecule has 0 aromatic heterocycles. The molecule has 0 radical (unpaired) electrons. The van der Waals surface area contributed by atoms with E-state index in [4.69, 9.17) is 4.74 Å². The van der Waals surface area contributed by atoms with E-state index in [1.165, 1.54) is 0 Å². The zero-order chi connectivity index (χ0) is 18.7. The number of likely N-dealkylation sites (N-methyl/N-ethyl adjacent to an activating group) is 1. The minimum atomic E-state index is -0.370. The van der Waals surface area contributed by atoms with E-state index in [1.54, 1.807) is 14.0 Å². The summed E-state index contributed by atoms with van der Waals surface area (Å²) in [5, 5.41) is 5.97. The average Bonchev–Trinajstić information content (AvgIpc) is 2.53. The number of nitrogens with one attached hydrogen (secondary N) is 2. The van der Waals surface area contributed by atoms with E-state index < -0.39 is 0 Å². The van der Waals surface area contributed by atoms with Gasteiger partial charge in [0.1, 0.15) is 13.2 Å². The molecule has 0 aliphatic carbocycles. The van der Waals surface area contributed by atoms with E-state index in [-0.39, 0.29) is 14.8 Å². The van der Waals surface area contributed by atoms with Gasteiger partial charge in [-0.1, -0.05) is 40.9 Å². The second-order valence-corrected chi connectivity index (χ2v) is 4.50. The second kappa shape index (κ2) is 20.3. The summed E-state index contributed by atoms with van der Waals surface area (Å²) in [5.74, 6) is -0.689. The van der Waals surface area contributed by atoms with Gasteiger partial charge in [0.25, 0.3) is 0 Å². The van der Waals surface area contributed by atoms with Gasteiger partial charge in [0.2, 0.25) is 0 Å². The van der Waals surface area contributed by atoms with Crippen LogP contribution in [0.5, 0.6) is 0 Å². The van der Waals surface area contributed by atoms with Crippen LogP contribution in [0.25, 0.3) is 0 Å². The Morgan fingerprint density at radius 2 is 1.70 bits per heavy atom. The molecular weight excluding hydrogens is 296 g/mol. The number of hydrogen-bond donors (Lipinski definition) is 2. The van der Waals surface area contributed by atoms with Gasteiger partial charge in [-0.2, -0.15) is 0 Å². The maximum atomic E-state index is 10.8. The third-order valence-electron chi connectivity index (χ3n) is 2.00. The average molecular weight is 335 g/mol. The third kappa shape index (κ3) is 25.6. The van der Waals surface area contributed by atoms with Crippen LogP contribution in [-0.2, 0) is 19.1 Å². The lowest BCUT2D eigenvalue weighted by atomic mass is 10.4. The lowest BCUT2D eigenvalue weighted by Crippen LogP contribution is -2.27. The number of carbonyl (C=O) groups is 2. The predicted molar refractivity (Wildman–Crippen MR) is 99.6 cm³/mol. The summed E-state index contributed by atoms with van der Waals surface area (Å²) in [5.41, 5.74) is 0.444. The van der Waals surface area contributed by atoms with Crippen LogP contribution in [0.2, 0.25) is 0 Å². The Kier molecular flexibility index (Phi) is 23.2. The van der Waals surface area contributed by atoms with E-state index in [2.05, 4.69) is 28.5 Å². The van der Waals surface area contributed by atoms with Gasteiger partial charge in [0.05, 0.1) is 0 Å². The van der Waals surface area contributed by atoms with Gasteiger partial charge in [-0.3, -0.25) is 0 Å². The summed E-state index contributed by atoms with van der Waals surface area (Å²) in [6.45, 7) is 18.6. The van der Waals surface area contributed by atoms with Crippen molar-refractivity contribution in [2.45, 2.75) is 40.7 Å². The zero-order valence-electron chi connectivity index (χ0n) is 15.5. The lowest BCUT2D eigenvalue weighted by Gasteiger charge is -2.08. The summed E-state index contributed by atoms with van der Waals surface area (Å²) >= 11 is 0. The van der Waals surface area contributed by atoms with E-state index in [0.29, 0.717) is 37.9 Å². The molecule has 0 aliphatic heterocycles. The van der Waals surface area contributed by atoms with Crippen molar-refractivity contribution in [3.63, 3.8) is 0 Å². The van der Waals surface area contributed by atoms with Crippen molar-refractivity contribution in [3.05, 3.63) is 24.8 Å². The molecule has 0 saturated carbocycles. The Labute approximate surface area is 144 Å². The van der Waals surface area contributed by atoms with Crippen molar-refractivity contribution >= 4 is 11.9 Å². The summed E-state index contributed by atoms with van der Waals surface area (Å²) in [4.78, 5) is 21.2. The van der Waals surface area contributed by atoms with Crippen molar-refractivity contribution in [1.29, 1.82) is 0 Å². The number of ether oxygens (including phenoxy) is 2. The molecule has 0 unspecified atom stereocenters. The van der Waals surface area contributed by atoms with Gasteiger partial charge in [0, 0.05) is 33.6 Å². The highest BCUT2D eigenvalue weighted by atomic mass is 16.5. The molecule has 0 heterocycles. The van der Waals surface area contributed by atoms with Crippen LogP contribution in [0.3, 0.4) is 0 Å². The topological polar surface area (TPSA) is 76.7 Å². The standard InChI is InChI=1S/C9H17NO2.C6H11NO2.C2H6.2H2/c1-7(2)9(11)12-6-5-10-8(3)4;1-3-6(8)9-5-4-7-2;1-2;;/h8,10H,1,5-6H2,2-4H3;3,7H,1,4-5H2,2H3;1-2H3;2*1H. The summed E-state index contributed by atoms with van der Waals surface area (Å²) in [7, 11) is 1.79. The highest BCUT2D eigenvalue weighted by molar-refractivity contribution is 5.86. The molecular formula is C17H38N2O4. The fraction of sp³-hybridized carbons (Fsp3) is 0.647. The highest BCUT2D eigenvalue weighted by Crippen LogP contribution is 1.90. The molecule has 0 aliphatic rings. The van der Waals surface area contributed by atoms with Gasteiger partial charge in [-0.25, -0.2) is 9.59 Å². The van der Waals surface area contributed by atoms with E-state index in [1.807, 2.05) is 27.7 Å². The molecule has 23 heavy (non-hydrogen) atoms. The lowest BCUT2D eigenvalue weighted by molar-refractivity contribution is -0.139. The third-order valence-corrected chi connectivity index (χ3v) is 2.00. The fourth-order valence-electron chi connectivity index (χ4n) is 0.927. The smallest absolute Gasteiger partial charge is 0.333 e. The quantitative estimate of drug-likeness (QED) is 0.383. The zero-order valence-corrected chi connectivity index (χ0v) is 15.5. The fourth-order valence-corrected chi connectivity index (χ4v) is 0.927. The molecule has 140 valence electrons. The van der Waals surface area contributed by atoms with Crippen LogP contribution < -0.4 is 10.6 Å². The first-order valence-corrected chi connectivity index (χ1v) is 7.84. The number of esters is 2. The molecule has 0 saturated heterocycles. The van der Waals surface area contributed by atoms with Crippen molar-refractivity contribution in [3.8, 4) is 0 Å². The highest BCUT2D eigenvalue weighted by Gasteiger charge is 2.01. The van der Waals surface area contributed by atoms with Crippen LogP contribution >= 0.6 is 0 Å². The van der Waals surface area contributed by atoms with Crippen LogP contribution in [0.15, 0.2) is 24.8 Å². The Morgan fingerprint density at radius 3 is 2.09 bits per heavy atom. The van der Waals surface area contributed by atoms with Gasteiger partial charge >= 0.3 is 11.9 Å². The molecule has 2 N–H and O–H groups in total. The Bertz CT molecular complexity index is 339. The minimum absolute atomic E-state index is 0. The van der Waals surface area contributed by atoms with E-state index in [9.17, 15) is 9.59 Å². The van der Waals surface area contributed by atoms with Crippen LogP contribution in [0.1, 0.15) is 37.5 Å². The van der Waals surface area contributed by atoms with Crippen molar-refractivity contribution in [2.75, 3.05) is 33.4 Å². The SMILES string of the molecule is C=C(C)C(=O)OCCNC(C)C.C=CC(=O)OCCNC.CC.[HH].[HH]. The summed E-state index contributed by atoms with van der Waals surface area (Å²) < 4.78 is 9.46. The predicted octanol–water partition coefficient (Wildman–Crippen LogP) is 2.56. The van der Waals surface area contributed by atoms with Crippen LogP contribution in [0.4, 0.5) is 0 Å². The number of hydrogen-bond acceptors (Lipinski definition) is 6. The molecule has 6 heteroatoms. The maximum absolute atomic E-state index is 10.8. The molecule has 0 fully saturated rings. The van der Waals surface area contributed by atoms with Gasteiger partial charge < -0.3 is 20.1 Å². The summed E-state index contributed by atoms with van der Waals surface area (Å²) in [6.07, 6.45) is 1.15. The van der Waals surface area contributed by atoms with E-state index in [0.717, 1.165) is 6.08 Å². The summed E-state index contributed by atoms with van der Waals surface area (Å²) in [6, 6.07) is 0.425. The van der Waals surface area contributed by atoms with E-state index >= 15 is 0 Å². The molecule has 6 nitrogen and oxygen atoms in total. The van der Waals surface area contributed by atoms with Crippen LogP contribution in [-0.4, -0.2) is 51.3 Å². The van der Waals surface area contributed by atoms with Crippen molar-refractivity contribution < 1.29 is 21.9 Å². The molecule has 0 rings (SSSR count). The largest absolute Gasteiger partial charge is 0.461 e. The molecule has 0 spiro atoms. The molecule has 0 atom stereocenters. The first-order valence-electron chi connectivity index (χ1n) is 7.84. The molecule has 0 amide bonds. The number of carbonyl (C=O) groups excluding carboxylic acids is 2. The number of rotatable bonds is 9. The minimum Gasteiger partial charge on any atom is -0.461 e. The molecule has 0 aromatic rings. The molecule has 0 bridgehead atoms. The van der Waals surface area contributed by atoms with Gasteiger partial charge in [-0.05, 0) is 14.0 Å². The normalized spacial score (nSPS) is 8.83. The van der Waals surface area contributed by atoms with Crippen molar-refractivity contribution in [2.24, 2.45) is 0 Å². The van der Waals surface area contributed by atoms with Gasteiger partial charge in [-0.15, -0.1) is 0 Å². The van der Waals surface area contributed by atoms with Crippen LogP contribution in [0, 0.1) is 0 Å².